The maximum atomic E-state index is 10.0. The van der Waals surface area contributed by atoms with E-state index in [2.05, 4.69) is 4.98 Å². The summed E-state index contributed by atoms with van der Waals surface area (Å²) in [6.07, 6.45) is 1.19. The van der Waals surface area contributed by atoms with E-state index in [1.54, 1.807) is 17.5 Å². The van der Waals surface area contributed by atoms with Gasteiger partial charge in [-0.15, -0.1) is 0 Å². The molecule has 2 aromatic heterocycles. The zero-order valence-corrected chi connectivity index (χ0v) is 8.66. The summed E-state index contributed by atoms with van der Waals surface area (Å²) in [5, 5.41) is 13.9. The third-order valence-corrected chi connectivity index (χ3v) is 2.90. The van der Waals surface area contributed by atoms with Crippen LogP contribution >= 0.6 is 11.3 Å². The van der Waals surface area contributed by atoms with Gasteiger partial charge in [-0.1, -0.05) is 6.07 Å². The molecule has 0 aliphatic carbocycles. The molecular weight excluding hydrogens is 194 g/mol. The van der Waals surface area contributed by atoms with Crippen LogP contribution in [0, 0.1) is 6.92 Å². The molecule has 14 heavy (non-hydrogen) atoms. The Balaban J connectivity index is 2.37. The average molecular weight is 205 g/mol. The van der Waals surface area contributed by atoms with Crippen molar-refractivity contribution >= 4 is 11.3 Å². The minimum Gasteiger partial charge on any atom is -0.384 e. The Bertz CT molecular complexity index is 411. The fraction of sp³-hybridized carbons (Fsp3) is 0.182. The summed E-state index contributed by atoms with van der Waals surface area (Å²) in [4.78, 5) is 4.15. The minimum atomic E-state index is -0.546. The van der Waals surface area contributed by atoms with Crippen molar-refractivity contribution in [3.05, 3.63) is 52.0 Å². The van der Waals surface area contributed by atoms with E-state index in [0.29, 0.717) is 0 Å². The molecule has 0 fully saturated rings. The Morgan fingerprint density at radius 2 is 2.29 bits per heavy atom. The summed E-state index contributed by atoms with van der Waals surface area (Å²) in [6.45, 7) is 1.91. The van der Waals surface area contributed by atoms with E-state index in [1.807, 2.05) is 35.9 Å². The van der Waals surface area contributed by atoms with E-state index >= 15 is 0 Å². The first kappa shape index (κ1) is 9.37. The summed E-state index contributed by atoms with van der Waals surface area (Å²) >= 11 is 1.59. The maximum absolute atomic E-state index is 10.0. The Hall–Kier alpha value is -1.19. The molecule has 2 heterocycles. The Labute approximate surface area is 86.9 Å². The summed E-state index contributed by atoms with van der Waals surface area (Å²) in [5.74, 6) is 0. The van der Waals surface area contributed by atoms with Gasteiger partial charge < -0.3 is 5.11 Å². The van der Waals surface area contributed by atoms with Crippen molar-refractivity contribution in [1.29, 1.82) is 0 Å². The highest BCUT2D eigenvalue weighted by Crippen LogP contribution is 2.24. The highest BCUT2D eigenvalue weighted by molar-refractivity contribution is 7.07. The molecule has 0 aromatic carbocycles. The predicted molar refractivity (Wildman–Crippen MR) is 57.4 cm³/mol. The zero-order chi connectivity index (χ0) is 9.97. The third kappa shape index (κ3) is 1.69. The van der Waals surface area contributed by atoms with Gasteiger partial charge in [0.2, 0.25) is 0 Å². The SMILES string of the molecule is Cc1ncccc1C(O)c1ccsc1. The lowest BCUT2D eigenvalue weighted by atomic mass is 10.0. The van der Waals surface area contributed by atoms with Gasteiger partial charge in [-0.05, 0) is 35.4 Å². The molecular formula is C11H11NOS. The van der Waals surface area contributed by atoms with Gasteiger partial charge >= 0.3 is 0 Å². The number of hydrogen-bond donors (Lipinski definition) is 1. The van der Waals surface area contributed by atoms with Crippen LogP contribution in [0.4, 0.5) is 0 Å². The van der Waals surface area contributed by atoms with Crippen molar-refractivity contribution in [2.24, 2.45) is 0 Å². The van der Waals surface area contributed by atoms with Gasteiger partial charge in [0.25, 0.3) is 0 Å². The van der Waals surface area contributed by atoms with Crippen LogP contribution < -0.4 is 0 Å². The topological polar surface area (TPSA) is 33.1 Å². The molecule has 0 radical (unpaired) electrons. The molecule has 1 N–H and O–H groups in total. The van der Waals surface area contributed by atoms with Gasteiger partial charge in [0.15, 0.2) is 0 Å². The van der Waals surface area contributed by atoms with Crippen molar-refractivity contribution in [1.82, 2.24) is 4.98 Å². The highest BCUT2D eigenvalue weighted by atomic mass is 32.1. The molecule has 0 aliphatic rings. The van der Waals surface area contributed by atoms with Crippen molar-refractivity contribution in [3.63, 3.8) is 0 Å². The van der Waals surface area contributed by atoms with Gasteiger partial charge in [0, 0.05) is 17.5 Å². The second kappa shape index (κ2) is 3.90. The lowest BCUT2D eigenvalue weighted by Crippen LogP contribution is -2.01. The van der Waals surface area contributed by atoms with Crippen molar-refractivity contribution < 1.29 is 5.11 Å². The zero-order valence-electron chi connectivity index (χ0n) is 7.84. The number of hydrogen-bond acceptors (Lipinski definition) is 3. The highest BCUT2D eigenvalue weighted by Gasteiger charge is 2.12. The number of aliphatic hydroxyl groups is 1. The average Bonchev–Trinajstić information content (AvgIpc) is 2.70. The number of pyridine rings is 1. The third-order valence-electron chi connectivity index (χ3n) is 2.20. The molecule has 3 heteroatoms. The number of aryl methyl sites for hydroxylation is 1. The summed E-state index contributed by atoms with van der Waals surface area (Å²) < 4.78 is 0. The van der Waals surface area contributed by atoms with E-state index in [-0.39, 0.29) is 0 Å². The second-order valence-corrected chi connectivity index (χ2v) is 3.92. The normalized spacial score (nSPS) is 12.7. The van der Waals surface area contributed by atoms with Crippen LogP contribution in [0.15, 0.2) is 35.2 Å². The Kier molecular flexibility index (Phi) is 2.61. The fourth-order valence-electron chi connectivity index (χ4n) is 1.40. The van der Waals surface area contributed by atoms with Gasteiger partial charge in [-0.3, -0.25) is 4.98 Å². The van der Waals surface area contributed by atoms with Gasteiger partial charge in [0.05, 0.1) is 0 Å². The minimum absolute atomic E-state index is 0.546. The number of rotatable bonds is 2. The molecule has 2 nitrogen and oxygen atoms in total. The Morgan fingerprint density at radius 1 is 1.43 bits per heavy atom. The molecule has 0 spiro atoms. The van der Waals surface area contributed by atoms with Crippen LogP contribution in [0.1, 0.15) is 22.9 Å². The van der Waals surface area contributed by atoms with E-state index in [0.717, 1.165) is 16.8 Å². The molecule has 0 saturated heterocycles. The van der Waals surface area contributed by atoms with E-state index in [4.69, 9.17) is 0 Å². The summed E-state index contributed by atoms with van der Waals surface area (Å²) in [6, 6.07) is 5.68. The molecule has 1 atom stereocenters. The van der Waals surface area contributed by atoms with Gasteiger partial charge in [-0.2, -0.15) is 11.3 Å². The van der Waals surface area contributed by atoms with E-state index in [9.17, 15) is 5.11 Å². The molecule has 0 aliphatic heterocycles. The fourth-order valence-corrected chi connectivity index (χ4v) is 2.07. The predicted octanol–water partition coefficient (Wildman–Crippen LogP) is 2.53. The number of aliphatic hydroxyl groups excluding tert-OH is 1. The number of thiophene rings is 1. The second-order valence-electron chi connectivity index (χ2n) is 3.14. The standard InChI is InChI=1S/C11H11NOS/c1-8-10(3-2-5-12-8)11(13)9-4-6-14-7-9/h2-7,11,13H,1H3. The Morgan fingerprint density at radius 3 is 2.93 bits per heavy atom. The lowest BCUT2D eigenvalue weighted by Gasteiger charge is -2.10. The first-order valence-corrected chi connectivity index (χ1v) is 5.35. The van der Waals surface area contributed by atoms with Crippen molar-refractivity contribution in [2.75, 3.05) is 0 Å². The van der Waals surface area contributed by atoms with E-state index in [1.165, 1.54) is 0 Å². The largest absolute Gasteiger partial charge is 0.384 e. The molecule has 0 amide bonds. The first-order chi connectivity index (χ1) is 6.79. The first-order valence-electron chi connectivity index (χ1n) is 4.40. The molecule has 0 bridgehead atoms. The number of nitrogens with zero attached hydrogens (tertiary/aromatic N) is 1. The van der Waals surface area contributed by atoms with E-state index < -0.39 is 6.10 Å². The van der Waals surface area contributed by atoms with Crippen molar-refractivity contribution in [2.45, 2.75) is 13.0 Å². The van der Waals surface area contributed by atoms with Crippen LogP contribution in [-0.4, -0.2) is 10.1 Å². The summed E-state index contributed by atoms with van der Waals surface area (Å²) in [7, 11) is 0. The van der Waals surface area contributed by atoms with Crippen LogP contribution in [0.5, 0.6) is 0 Å². The maximum Gasteiger partial charge on any atom is 0.107 e. The van der Waals surface area contributed by atoms with Crippen LogP contribution in [0.2, 0.25) is 0 Å². The quantitative estimate of drug-likeness (QED) is 0.817. The molecule has 2 rings (SSSR count). The van der Waals surface area contributed by atoms with Crippen LogP contribution in [0.3, 0.4) is 0 Å². The molecule has 72 valence electrons. The summed E-state index contributed by atoms with van der Waals surface area (Å²) in [5.41, 5.74) is 2.70. The van der Waals surface area contributed by atoms with Gasteiger partial charge in [0.1, 0.15) is 6.10 Å². The monoisotopic (exact) mass is 205 g/mol. The van der Waals surface area contributed by atoms with Gasteiger partial charge in [-0.25, -0.2) is 0 Å². The number of aromatic nitrogens is 1. The van der Waals surface area contributed by atoms with Crippen LogP contribution in [-0.2, 0) is 0 Å². The van der Waals surface area contributed by atoms with Crippen LogP contribution in [0.25, 0.3) is 0 Å². The van der Waals surface area contributed by atoms with Crippen molar-refractivity contribution in [3.8, 4) is 0 Å². The smallest absolute Gasteiger partial charge is 0.107 e. The molecule has 1 unspecified atom stereocenters. The molecule has 0 saturated carbocycles. The lowest BCUT2D eigenvalue weighted by molar-refractivity contribution is 0.219. The molecule has 2 aromatic rings.